The fourth-order valence-electron chi connectivity index (χ4n) is 1.22. The summed E-state index contributed by atoms with van der Waals surface area (Å²) in [5.41, 5.74) is 0.280. The molecule has 0 aromatic heterocycles. The number of rotatable bonds is 1. The van der Waals surface area contributed by atoms with Crippen LogP contribution in [0.25, 0.3) is 0 Å². The summed E-state index contributed by atoms with van der Waals surface area (Å²) in [6.07, 6.45) is 3.40. The molecule has 14 heavy (non-hydrogen) atoms. The van der Waals surface area contributed by atoms with Crippen molar-refractivity contribution in [3.63, 3.8) is 0 Å². The van der Waals surface area contributed by atoms with Crippen LogP contribution in [0.4, 0.5) is 0 Å². The van der Waals surface area contributed by atoms with Crippen LogP contribution >= 0.6 is 11.9 Å². The Hall–Kier alpha value is -1.30. The van der Waals surface area contributed by atoms with E-state index < -0.39 is 5.97 Å². The van der Waals surface area contributed by atoms with Crippen LogP contribution in [0.5, 0.6) is 0 Å². The first kappa shape index (κ1) is 9.26. The second-order valence-electron chi connectivity index (χ2n) is 2.71. The van der Waals surface area contributed by atoms with Gasteiger partial charge in [0.25, 0.3) is 0 Å². The fraction of sp³-hybridized carbons (Fsp3) is 0.375. The molecule has 0 saturated carbocycles. The van der Waals surface area contributed by atoms with Crippen LogP contribution in [-0.4, -0.2) is 41.8 Å². The van der Waals surface area contributed by atoms with Gasteiger partial charge in [0.2, 0.25) is 0 Å². The van der Waals surface area contributed by atoms with E-state index in [-0.39, 0.29) is 5.71 Å². The molecule has 0 saturated heterocycles. The molecule has 0 atom stereocenters. The summed E-state index contributed by atoms with van der Waals surface area (Å²) in [5, 5.41) is 0. The standard InChI is InChI=1S/C8H9N3O2S/c1-13-8(12)6-7-10-14-5-4-11(7)3-2-9-6/h2-3H,4-5H2,1H3. The smallest absolute Gasteiger partial charge is 0.360 e. The zero-order valence-electron chi connectivity index (χ0n) is 7.64. The number of methoxy groups -OCH3 is 1. The molecule has 0 aliphatic carbocycles. The Bertz CT molecular complexity index is 348. The average molecular weight is 211 g/mol. The number of esters is 1. The third-order valence-corrected chi connectivity index (χ3v) is 2.55. The number of ether oxygens (including phenoxy) is 1. The van der Waals surface area contributed by atoms with Crippen LogP contribution in [0.2, 0.25) is 0 Å². The molecule has 0 N–H and O–H groups in total. The first-order valence-electron chi connectivity index (χ1n) is 4.12. The summed E-state index contributed by atoms with van der Waals surface area (Å²) in [4.78, 5) is 17.2. The lowest BCUT2D eigenvalue weighted by Crippen LogP contribution is -2.41. The number of carbonyl (C=O) groups is 1. The minimum absolute atomic E-state index is 0.280. The number of amidine groups is 1. The molecular weight excluding hydrogens is 202 g/mol. The maximum atomic E-state index is 11.3. The largest absolute Gasteiger partial charge is 0.464 e. The molecule has 0 radical (unpaired) electrons. The van der Waals surface area contributed by atoms with Crippen LogP contribution in [0.1, 0.15) is 0 Å². The van der Waals surface area contributed by atoms with Gasteiger partial charge in [-0.2, -0.15) is 4.40 Å². The maximum Gasteiger partial charge on any atom is 0.360 e. The zero-order valence-corrected chi connectivity index (χ0v) is 8.45. The highest BCUT2D eigenvalue weighted by molar-refractivity contribution is 7.98. The molecule has 0 unspecified atom stereocenters. The Kier molecular flexibility index (Phi) is 2.53. The van der Waals surface area contributed by atoms with E-state index in [0.717, 1.165) is 12.3 Å². The van der Waals surface area contributed by atoms with Crippen LogP contribution in [0, 0.1) is 0 Å². The van der Waals surface area contributed by atoms with E-state index in [2.05, 4.69) is 14.1 Å². The molecular formula is C8H9N3O2S. The molecule has 0 aromatic rings. The van der Waals surface area contributed by atoms with Gasteiger partial charge in [0.1, 0.15) is 0 Å². The second-order valence-corrected chi connectivity index (χ2v) is 3.56. The molecule has 5 nitrogen and oxygen atoms in total. The van der Waals surface area contributed by atoms with E-state index in [9.17, 15) is 4.79 Å². The lowest BCUT2D eigenvalue weighted by molar-refractivity contribution is -0.132. The van der Waals surface area contributed by atoms with Gasteiger partial charge in [-0.3, -0.25) is 0 Å². The zero-order chi connectivity index (χ0) is 9.97. The monoisotopic (exact) mass is 211 g/mol. The number of nitrogens with zero attached hydrogens (tertiary/aromatic N) is 3. The minimum atomic E-state index is -0.444. The minimum Gasteiger partial charge on any atom is -0.464 e. The van der Waals surface area contributed by atoms with Crippen molar-refractivity contribution in [3.8, 4) is 0 Å². The van der Waals surface area contributed by atoms with Gasteiger partial charge in [-0.05, 0) is 11.9 Å². The number of fused-ring (bicyclic) bond motifs is 1. The topological polar surface area (TPSA) is 54.3 Å². The van der Waals surface area contributed by atoms with Crippen molar-refractivity contribution >= 4 is 29.5 Å². The summed E-state index contributed by atoms with van der Waals surface area (Å²) in [7, 11) is 1.34. The molecule has 2 rings (SSSR count). The summed E-state index contributed by atoms with van der Waals surface area (Å²) in [6, 6.07) is 0. The summed E-state index contributed by atoms with van der Waals surface area (Å²) >= 11 is 1.44. The summed E-state index contributed by atoms with van der Waals surface area (Å²) in [6.45, 7) is 0.843. The molecule has 0 fully saturated rings. The molecule has 74 valence electrons. The molecule has 2 heterocycles. The fourth-order valence-corrected chi connectivity index (χ4v) is 1.90. The van der Waals surface area contributed by atoms with Gasteiger partial charge < -0.3 is 9.64 Å². The molecule has 2 aliphatic rings. The van der Waals surface area contributed by atoms with Crippen LogP contribution < -0.4 is 0 Å². The molecule has 2 aliphatic heterocycles. The SMILES string of the molecule is COC(=O)C1=NC=CN2CCSN=C12. The Labute approximate surface area is 85.7 Å². The summed E-state index contributed by atoms with van der Waals surface area (Å²) in [5.74, 6) is 1.07. The van der Waals surface area contributed by atoms with Crippen molar-refractivity contribution in [3.05, 3.63) is 12.4 Å². The molecule has 0 bridgehead atoms. The third kappa shape index (κ3) is 1.52. The Morgan fingerprint density at radius 1 is 1.71 bits per heavy atom. The maximum absolute atomic E-state index is 11.3. The van der Waals surface area contributed by atoms with Crippen molar-refractivity contribution in [2.45, 2.75) is 0 Å². The number of aliphatic imine (C=N–C) groups is 1. The van der Waals surface area contributed by atoms with E-state index in [1.807, 2.05) is 11.1 Å². The van der Waals surface area contributed by atoms with Crippen molar-refractivity contribution in [2.24, 2.45) is 9.39 Å². The summed E-state index contributed by atoms with van der Waals surface area (Å²) < 4.78 is 8.80. The number of hydrogen-bond donors (Lipinski definition) is 0. The van der Waals surface area contributed by atoms with Crippen molar-refractivity contribution in [1.29, 1.82) is 0 Å². The normalized spacial score (nSPS) is 19.6. The first-order chi connectivity index (χ1) is 6.83. The van der Waals surface area contributed by atoms with Gasteiger partial charge in [-0.25, -0.2) is 9.79 Å². The lowest BCUT2D eigenvalue weighted by Gasteiger charge is -2.26. The van der Waals surface area contributed by atoms with E-state index in [0.29, 0.717) is 5.84 Å². The van der Waals surface area contributed by atoms with Crippen LogP contribution in [0.3, 0.4) is 0 Å². The molecule has 0 amide bonds. The average Bonchev–Trinajstić information content (AvgIpc) is 2.27. The quantitative estimate of drug-likeness (QED) is 0.466. The van der Waals surface area contributed by atoms with Crippen LogP contribution in [-0.2, 0) is 9.53 Å². The molecule has 6 heteroatoms. The van der Waals surface area contributed by atoms with E-state index in [1.165, 1.54) is 19.1 Å². The second kappa shape index (κ2) is 3.83. The van der Waals surface area contributed by atoms with Gasteiger partial charge in [0.15, 0.2) is 11.5 Å². The molecule has 0 spiro atoms. The highest BCUT2D eigenvalue weighted by Crippen LogP contribution is 2.16. The highest BCUT2D eigenvalue weighted by atomic mass is 32.2. The number of carbonyl (C=O) groups excluding carboxylic acids is 1. The van der Waals surface area contributed by atoms with E-state index in [4.69, 9.17) is 0 Å². The van der Waals surface area contributed by atoms with Crippen molar-refractivity contribution in [1.82, 2.24) is 4.90 Å². The van der Waals surface area contributed by atoms with Gasteiger partial charge in [0.05, 0.1) is 7.11 Å². The van der Waals surface area contributed by atoms with Gasteiger partial charge in [-0.1, -0.05) is 0 Å². The third-order valence-electron chi connectivity index (χ3n) is 1.89. The van der Waals surface area contributed by atoms with Crippen LogP contribution in [0.15, 0.2) is 21.8 Å². The highest BCUT2D eigenvalue weighted by Gasteiger charge is 2.27. The van der Waals surface area contributed by atoms with Crippen molar-refractivity contribution in [2.75, 3.05) is 19.4 Å². The first-order valence-corrected chi connectivity index (χ1v) is 5.07. The van der Waals surface area contributed by atoms with Gasteiger partial charge in [-0.15, -0.1) is 0 Å². The lowest BCUT2D eigenvalue weighted by atomic mass is 10.3. The van der Waals surface area contributed by atoms with Gasteiger partial charge in [0, 0.05) is 24.7 Å². The Morgan fingerprint density at radius 3 is 3.36 bits per heavy atom. The predicted octanol–water partition coefficient (Wildman–Crippen LogP) is 0.447. The van der Waals surface area contributed by atoms with E-state index in [1.54, 1.807) is 6.20 Å². The van der Waals surface area contributed by atoms with Gasteiger partial charge >= 0.3 is 5.97 Å². The number of hydrogen-bond acceptors (Lipinski definition) is 6. The van der Waals surface area contributed by atoms with Crippen molar-refractivity contribution < 1.29 is 9.53 Å². The predicted molar refractivity (Wildman–Crippen MR) is 55.2 cm³/mol. The molecule has 0 aromatic carbocycles. The Morgan fingerprint density at radius 2 is 2.57 bits per heavy atom. The Balaban J connectivity index is 2.31. The van der Waals surface area contributed by atoms with E-state index >= 15 is 0 Å².